The summed E-state index contributed by atoms with van der Waals surface area (Å²) in [6.45, 7) is 6.92. The zero-order valence-corrected chi connectivity index (χ0v) is 14.7. The van der Waals surface area contributed by atoms with Crippen molar-refractivity contribution in [2.45, 2.75) is 32.4 Å². The van der Waals surface area contributed by atoms with Gasteiger partial charge in [-0.15, -0.1) is 10.2 Å². The van der Waals surface area contributed by atoms with Crippen LogP contribution in [0.2, 0.25) is 0 Å². The van der Waals surface area contributed by atoms with Gasteiger partial charge in [0, 0.05) is 25.3 Å². The van der Waals surface area contributed by atoms with Gasteiger partial charge in [0.25, 0.3) is 0 Å². The second-order valence-corrected chi connectivity index (χ2v) is 6.71. The summed E-state index contributed by atoms with van der Waals surface area (Å²) in [7, 11) is 0. The third-order valence-electron chi connectivity index (χ3n) is 4.83. The van der Waals surface area contributed by atoms with Gasteiger partial charge >= 0.3 is 0 Å². The standard InChI is InChI=1S/C20H23N3O2/c1-14-13-23(10-5-11-24-14)15(2)19-21-22-20(25-19)18-9-8-16-6-3-4-7-17(16)12-18/h3-4,6-9,12,14-15H,5,10-11,13H2,1-2H3. The summed E-state index contributed by atoms with van der Waals surface area (Å²) in [5.74, 6) is 1.24. The van der Waals surface area contributed by atoms with Gasteiger partial charge in [-0.25, -0.2) is 0 Å². The Kier molecular flexibility index (Phi) is 4.51. The fourth-order valence-electron chi connectivity index (χ4n) is 3.38. The molecule has 0 N–H and O–H groups in total. The first-order valence-electron chi connectivity index (χ1n) is 8.89. The summed E-state index contributed by atoms with van der Waals surface area (Å²) in [6.07, 6.45) is 1.26. The lowest BCUT2D eigenvalue weighted by molar-refractivity contribution is 0.0596. The van der Waals surface area contributed by atoms with Crippen molar-refractivity contribution in [3.05, 3.63) is 48.4 Å². The molecule has 0 amide bonds. The third-order valence-corrected chi connectivity index (χ3v) is 4.83. The van der Waals surface area contributed by atoms with Gasteiger partial charge in [-0.1, -0.05) is 30.3 Å². The molecule has 3 aromatic rings. The topological polar surface area (TPSA) is 51.4 Å². The second kappa shape index (κ2) is 6.94. The first kappa shape index (κ1) is 16.2. The van der Waals surface area contributed by atoms with E-state index in [9.17, 15) is 0 Å². The van der Waals surface area contributed by atoms with Crippen LogP contribution in [0, 0.1) is 0 Å². The van der Waals surface area contributed by atoms with E-state index in [0.717, 1.165) is 31.7 Å². The Morgan fingerprint density at radius 3 is 2.84 bits per heavy atom. The maximum absolute atomic E-state index is 6.00. The average Bonchev–Trinajstić information content (AvgIpc) is 3.03. The van der Waals surface area contributed by atoms with E-state index in [4.69, 9.17) is 9.15 Å². The molecule has 0 bridgehead atoms. The third kappa shape index (κ3) is 3.43. The van der Waals surface area contributed by atoms with Crippen molar-refractivity contribution < 1.29 is 9.15 Å². The van der Waals surface area contributed by atoms with Gasteiger partial charge in [0.1, 0.15) is 0 Å². The number of aromatic nitrogens is 2. The molecule has 2 unspecified atom stereocenters. The summed E-state index contributed by atoms with van der Waals surface area (Å²) in [6, 6.07) is 14.6. The van der Waals surface area contributed by atoms with E-state index in [1.54, 1.807) is 0 Å². The molecule has 130 valence electrons. The van der Waals surface area contributed by atoms with E-state index in [1.807, 2.05) is 18.2 Å². The van der Waals surface area contributed by atoms with Crippen molar-refractivity contribution in [1.82, 2.24) is 15.1 Å². The van der Waals surface area contributed by atoms with Crippen molar-refractivity contribution in [2.75, 3.05) is 19.7 Å². The van der Waals surface area contributed by atoms with E-state index in [-0.39, 0.29) is 12.1 Å². The Bertz CT molecular complexity index is 861. The van der Waals surface area contributed by atoms with Crippen LogP contribution in [0.3, 0.4) is 0 Å². The molecule has 1 saturated heterocycles. The fourth-order valence-corrected chi connectivity index (χ4v) is 3.38. The molecule has 1 aliphatic rings. The molecule has 0 spiro atoms. The van der Waals surface area contributed by atoms with Crippen LogP contribution in [0.1, 0.15) is 32.2 Å². The van der Waals surface area contributed by atoms with Gasteiger partial charge in [-0.2, -0.15) is 0 Å². The fraction of sp³-hybridized carbons (Fsp3) is 0.400. The Labute approximate surface area is 147 Å². The van der Waals surface area contributed by atoms with Crippen molar-refractivity contribution in [2.24, 2.45) is 0 Å². The highest BCUT2D eigenvalue weighted by Gasteiger charge is 2.25. The summed E-state index contributed by atoms with van der Waals surface area (Å²) in [4.78, 5) is 2.36. The summed E-state index contributed by atoms with van der Waals surface area (Å²) in [5, 5.41) is 11.0. The minimum Gasteiger partial charge on any atom is -0.419 e. The zero-order valence-electron chi connectivity index (χ0n) is 14.7. The molecule has 25 heavy (non-hydrogen) atoms. The Morgan fingerprint density at radius 1 is 1.12 bits per heavy atom. The Balaban J connectivity index is 1.58. The van der Waals surface area contributed by atoms with Gasteiger partial charge in [-0.05, 0) is 43.2 Å². The van der Waals surface area contributed by atoms with Crippen LogP contribution in [0.15, 0.2) is 46.9 Å². The minimum absolute atomic E-state index is 0.0888. The molecule has 5 nitrogen and oxygen atoms in total. The SMILES string of the molecule is CC1CN(C(C)c2nnc(-c3ccc4ccccc4c3)o2)CCCO1. The number of benzene rings is 2. The Hall–Kier alpha value is -2.24. The van der Waals surface area contributed by atoms with Crippen molar-refractivity contribution in [1.29, 1.82) is 0 Å². The van der Waals surface area contributed by atoms with Gasteiger partial charge in [0.05, 0.1) is 12.1 Å². The summed E-state index contributed by atoms with van der Waals surface area (Å²) >= 11 is 0. The van der Waals surface area contributed by atoms with Crippen LogP contribution >= 0.6 is 0 Å². The molecule has 2 atom stereocenters. The maximum atomic E-state index is 6.00. The van der Waals surface area contributed by atoms with E-state index >= 15 is 0 Å². The summed E-state index contributed by atoms with van der Waals surface area (Å²) < 4.78 is 11.7. The lowest BCUT2D eigenvalue weighted by Crippen LogP contribution is -2.32. The number of fused-ring (bicyclic) bond motifs is 1. The largest absolute Gasteiger partial charge is 0.419 e. The number of ether oxygens (including phenoxy) is 1. The van der Waals surface area contributed by atoms with Crippen LogP contribution in [0.25, 0.3) is 22.2 Å². The number of nitrogens with zero attached hydrogens (tertiary/aromatic N) is 3. The average molecular weight is 337 g/mol. The normalized spacial score (nSPS) is 20.5. The van der Waals surface area contributed by atoms with E-state index in [0.29, 0.717) is 11.8 Å². The summed E-state index contributed by atoms with van der Waals surface area (Å²) in [5.41, 5.74) is 0.956. The van der Waals surface area contributed by atoms with Gasteiger partial charge in [-0.3, -0.25) is 4.90 Å². The Morgan fingerprint density at radius 2 is 1.96 bits per heavy atom. The van der Waals surface area contributed by atoms with Gasteiger partial charge in [0.2, 0.25) is 11.8 Å². The quantitative estimate of drug-likeness (QED) is 0.721. The molecule has 1 aliphatic heterocycles. The molecule has 2 heterocycles. The van der Waals surface area contributed by atoms with Gasteiger partial charge in [0.15, 0.2) is 0 Å². The molecule has 5 heteroatoms. The highest BCUT2D eigenvalue weighted by Crippen LogP contribution is 2.27. The van der Waals surface area contributed by atoms with Crippen LogP contribution in [0.4, 0.5) is 0 Å². The number of rotatable bonds is 3. The molecule has 0 saturated carbocycles. The maximum Gasteiger partial charge on any atom is 0.247 e. The smallest absolute Gasteiger partial charge is 0.247 e. The molecular formula is C20H23N3O2. The first-order valence-corrected chi connectivity index (χ1v) is 8.89. The minimum atomic E-state index is 0.0888. The molecule has 2 aromatic carbocycles. The number of hydrogen-bond donors (Lipinski definition) is 0. The molecule has 1 aromatic heterocycles. The van der Waals surface area contributed by atoms with Crippen LogP contribution < -0.4 is 0 Å². The van der Waals surface area contributed by atoms with Gasteiger partial charge < -0.3 is 9.15 Å². The van der Waals surface area contributed by atoms with E-state index in [1.165, 1.54) is 10.8 Å². The monoisotopic (exact) mass is 337 g/mol. The lowest BCUT2D eigenvalue weighted by Gasteiger charge is -2.26. The van der Waals surface area contributed by atoms with Crippen LogP contribution in [0.5, 0.6) is 0 Å². The molecule has 0 radical (unpaired) electrons. The van der Waals surface area contributed by atoms with Crippen molar-refractivity contribution >= 4 is 10.8 Å². The highest BCUT2D eigenvalue weighted by atomic mass is 16.5. The predicted octanol–water partition coefficient (Wildman–Crippen LogP) is 4.06. The second-order valence-electron chi connectivity index (χ2n) is 6.71. The zero-order chi connectivity index (χ0) is 17.2. The van der Waals surface area contributed by atoms with E-state index in [2.05, 4.69) is 53.2 Å². The van der Waals surface area contributed by atoms with Crippen molar-refractivity contribution in [3.8, 4) is 11.5 Å². The lowest BCUT2D eigenvalue weighted by atomic mass is 10.1. The number of hydrogen-bond acceptors (Lipinski definition) is 5. The molecule has 1 fully saturated rings. The molecule has 4 rings (SSSR count). The predicted molar refractivity (Wildman–Crippen MR) is 97.3 cm³/mol. The molecular weight excluding hydrogens is 314 g/mol. The van der Waals surface area contributed by atoms with Crippen LogP contribution in [-0.2, 0) is 4.74 Å². The molecule has 0 aliphatic carbocycles. The first-order chi connectivity index (χ1) is 12.2. The van der Waals surface area contributed by atoms with Crippen molar-refractivity contribution in [3.63, 3.8) is 0 Å². The van der Waals surface area contributed by atoms with Crippen LogP contribution in [-0.4, -0.2) is 40.9 Å². The van der Waals surface area contributed by atoms with E-state index < -0.39 is 0 Å². The highest BCUT2D eigenvalue weighted by molar-refractivity contribution is 5.86.